The van der Waals surface area contributed by atoms with E-state index in [9.17, 15) is 9.90 Å². The Morgan fingerprint density at radius 2 is 1.34 bits per heavy atom. The van der Waals surface area contributed by atoms with E-state index in [1.807, 2.05) is 0 Å². The summed E-state index contributed by atoms with van der Waals surface area (Å²) in [6.07, 6.45) is -5.96. The van der Waals surface area contributed by atoms with Crippen molar-refractivity contribution in [2.24, 2.45) is 0 Å². The first-order valence-electron chi connectivity index (χ1n) is 12.7. The van der Waals surface area contributed by atoms with E-state index in [0.29, 0.717) is 0 Å². The smallest absolute Gasteiger partial charge is 0.201 e. The average Bonchev–Trinajstić information content (AvgIpc) is 3.11. The van der Waals surface area contributed by atoms with Gasteiger partial charge in [0.2, 0.25) is 8.32 Å². The van der Waals surface area contributed by atoms with Crippen LogP contribution in [0.1, 0.15) is 69.2 Å². The molecule has 2 aliphatic rings. The second-order valence-corrected chi connectivity index (χ2v) is 16.9. The first kappa shape index (κ1) is 30.8. The molecule has 2 fully saturated rings. The van der Waals surface area contributed by atoms with Crippen LogP contribution in [0.2, 0.25) is 16.6 Å². The molecule has 35 heavy (non-hydrogen) atoms. The van der Waals surface area contributed by atoms with Crippen LogP contribution in [0.3, 0.4) is 0 Å². The van der Waals surface area contributed by atoms with Crippen LogP contribution in [-0.2, 0) is 37.6 Å². The standard InChI is InChI=1S/C25H48O9Si/c1-14(2)35(15(3)4,16(5)6)34-22(23(28-11)29-12)21-19(27)20(32-25(9,10)33-21)18(26)17-13-30-24(7,8)31-17/h14-18,20-23,26H,13H2,1-12H3/t17-,18-,20-,21-,22-/m1/s1. The molecule has 0 radical (unpaired) electrons. The van der Waals surface area contributed by atoms with Crippen molar-refractivity contribution in [3.05, 3.63) is 0 Å². The van der Waals surface area contributed by atoms with Gasteiger partial charge >= 0.3 is 0 Å². The first-order valence-corrected chi connectivity index (χ1v) is 14.8. The molecule has 0 aromatic carbocycles. The van der Waals surface area contributed by atoms with Crippen molar-refractivity contribution in [1.29, 1.82) is 0 Å². The molecule has 2 rings (SSSR count). The van der Waals surface area contributed by atoms with Gasteiger partial charge in [-0.2, -0.15) is 0 Å². The second kappa shape index (κ2) is 11.5. The maximum absolute atomic E-state index is 13.9. The largest absolute Gasteiger partial charge is 0.405 e. The van der Waals surface area contributed by atoms with Gasteiger partial charge in [0.1, 0.15) is 18.3 Å². The average molecular weight is 521 g/mol. The molecule has 0 spiro atoms. The van der Waals surface area contributed by atoms with E-state index < -0.39 is 62.5 Å². The Labute approximate surface area is 212 Å². The van der Waals surface area contributed by atoms with Crippen LogP contribution < -0.4 is 0 Å². The zero-order valence-corrected chi connectivity index (χ0v) is 24.6. The molecule has 206 valence electrons. The Bertz CT molecular complexity index is 683. The number of hydrogen-bond donors (Lipinski definition) is 1. The Morgan fingerprint density at radius 3 is 1.74 bits per heavy atom. The quantitative estimate of drug-likeness (QED) is 0.322. The zero-order chi connectivity index (χ0) is 26.9. The minimum Gasteiger partial charge on any atom is -0.405 e. The van der Waals surface area contributed by atoms with Crippen molar-refractivity contribution >= 4 is 14.1 Å². The summed E-state index contributed by atoms with van der Waals surface area (Å²) in [6, 6.07) is 0. The molecule has 1 N–H and O–H groups in total. The molecule has 9 nitrogen and oxygen atoms in total. The van der Waals surface area contributed by atoms with Gasteiger partial charge in [-0.15, -0.1) is 0 Å². The van der Waals surface area contributed by atoms with Gasteiger partial charge in [-0.1, -0.05) is 41.5 Å². The molecule has 2 aliphatic heterocycles. The molecule has 2 saturated heterocycles. The van der Waals surface area contributed by atoms with Crippen LogP contribution in [0.15, 0.2) is 0 Å². The third kappa shape index (κ3) is 6.53. The molecule has 0 saturated carbocycles. The van der Waals surface area contributed by atoms with Gasteiger partial charge in [0.25, 0.3) is 0 Å². The molecular formula is C25H48O9Si. The third-order valence-corrected chi connectivity index (χ3v) is 13.3. The minimum atomic E-state index is -2.48. The van der Waals surface area contributed by atoms with Crippen LogP contribution in [-0.4, -0.2) is 88.4 Å². The summed E-state index contributed by atoms with van der Waals surface area (Å²) in [5, 5.41) is 11.2. The second-order valence-electron chi connectivity index (χ2n) is 11.5. The maximum Gasteiger partial charge on any atom is 0.201 e. The summed E-state index contributed by atoms with van der Waals surface area (Å²) in [5.74, 6) is -2.47. The summed E-state index contributed by atoms with van der Waals surface area (Å²) < 4.78 is 41.8. The van der Waals surface area contributed by atoms with Crippen LogP contribution in [0.5, 0.6) is 0 Å². The molecule has 0 aromatic heterocycles. The Morgan fingerprint density at radius 1 is 0.857 bits per heavy atom. The SMILES string of the molecule is COC(OC)[C@H](O[Si](C(C)C)(C(C)C)C(C)C)[C@@H]1OC(C)(C)O[C@H]([C@H](O)[C@H]2COC(C)(C)O2)C1=O. The van der Waals surface area contributed by atoms with Gasteiger partial charge in [0.05, 0.1) is 6.61 Å². The highest BCUT2D eigenvalue weighted by atomic mass is 28.4. The lowest BCUT2D eigenvalue weighted by Gasteiger charge is -2.49. The molecule has 0 amide bonds. The number of aliphatic hydroxyl groups excluding tert-OH is 1. The highest BCUT2D eigenvalue weighted by molar-refractivity contribution is 6.77. The normalized spacial score (nSPS) is 28.9. The highest BCUT2D eigenvalue weighted by Crippen LogP contribution is 2.45. The molecule has 0 bridgehead atoms. The molecule has 0 aromatic rings. The number of ether oxygens (including phenoxy) is 6. The molecule has 0 unspecified atom stereocenters. The van der Waals surface area contributed by atoms with Crippen molar-refractivity contribution in [3.8, 4) is 0 Å². The van der Waals surface area contributed by atoms with E-state index in [-0.39, 0.29) is 23.2 Å². The molecular weight excluding hydrogens is 472 g/mol. The predicted octanol–water partition coefficient (Wildman–Crippen LogP) is 3.77. The fraction of sp³-hybridized carbons (Fsp3) is 0.960. The number of Topliss-reactive ketones (excluding diaryl/α,β-unsaturated/α-hetero) is 1. The van der Waals surface area contributed by atoms with Gasteiger partial charge < -0.3 is 38.0 Å². The summed E-state index contributed by atoms with van der Waals surface area (Å²) in [5.41, 5.74) is 0.778. The van der Waals surface area contributed by atoms with Gasteiger partial charge in [0.15, 0.2) is 35.9 Å². The Hall–Kier alpha value is -0.433. The number of hydrogen-bond acceptors (Lipinski definition) is 9. The number of aliphatic hydroxyl groups is 1. The first-order chi connectivity index (χ1) is 16.0. The van der Waals surface area contributed by atoms with E-state index in [1.165, 1.54) is 14.2 Å². The minimum absolute atomic E-state index is 0.149. The highest BCUT2D eigenvalue weighted by Gasteiger charge is 2.56. The molecule has 10 heteroatoms. The van der Waals surface area contributed by atoms with Crippen molar-refractivity contribution in [3.63, 3.8) is 0 Å². The fourth-order valence-corrected chi connectivity index (χ4v) is 11.3. The molecule has 2 heterocycles. The number of rotatable bonds is 11. The lowest BCUT2D eigenvalue weighted by molar-refractivity contribution is -0.316. The van der Waals surface area contributed by atoms with Crippen LogP contribution in [0.4, 0.5) is 0 Å². The number of carbonyl (C=O) groups is 1. The van der Waals surface area contributed by atoms with Crippen molar-refractivity contribution < 1.29 is 42.7 Å². The topological polar surface area (TPSA) is 102 Å². The number of carbonyl (C=O) groups excluding carboxylic acids is 1. The lowest BCUT2D eigenvalue weighted by atomic mass is 9.95. The molecule has 0 aliphatic carbocycles. The van der Waals surface area contributed by atoms with E-state index in [2.05, 4.69) is 41.5 Å². The summed E-state index contributed by atoms with van der Waals surface area (Å²) in [6.45, 7) is 20.1. The van der Waals surface area contributed by atoms with E-state index in [4.69, 9.17) is 32.8 Å². The van der Waals surface area contributed by atoms with Gasteiger partial charge in [-0.05, 0) is 44.3 Å². The fourth-order valence-electron chi connectivity index (χ4n) is 5.73. The van der Waals surface area contributed by atoms with Crippen molar-refractivity contribution in [1.82, 2.24) is 0 Å². The summed E-state index contributed by atoms with van der Waals surface area (Å²) in [7, 11) is 0.550. The lowest BCUT2D eigenvalue weighted by Crippen LogP contribution is -2.65. The van der Waals surface area contributed by atoms with Crippen LogP contribution in [0, 0.1) is 0 Å². The summed E-state index contributed by atoms with van der Waals surface area (Å²) >= 11 is 0. The van der Waals surface area contributed by atoms with E-state index in [1.54, 1.807) is 27.7 Å². The van der Waals surface area contributed by atoms with Gasteiger partial charge in [-0.3, -0.25) is 4.79 Å². The zero-order valence-electron chi connectivity index (χ0n) is 23.6. The van der Waals surface area contributed by atoms with Gasteiger partial charge in [-0.25, -0.2) is 0 Å². The van der Waals surface area contributed by atoms with Gasteiger partial charge in [0, 0.05) is 14.2 Å². The maximum atomic E-state index is 13.9. The number of ketones is 1. The van der Waals surface area contributed by atoms with E-state index in [0.717, 1.165) is 0 Å². The van der Waals surface area contributed by atoms with Crippen LogP contribution in [0.25, 0.3) is 0 Å². The van der Waals surface area contributed by atoms with Crippen molar-refractivity contribution in [2.45, 2.75) is 134 Å². The van der Waals surface area contributed by atoms with E-state index >= 15 is 0 Å². The van der Waals surface area contributed by atoms with Crippen molar-refractivity contribution in [2.75, 3.05) is 20.8 Å². The predicted molar refractivity (Wildman–Crippen MR) is 133 cm³/mol. The summed E-state index contributed by atoms with van der Waals surface area (Å²) in [4.78, 5) is 13.9. The third-order valence-electron chi connectivity index (χ3n) is 7.18. The molecule has 5 atom stereocenters. The Kier molecular flexibility index (Phi) is 10.1. The monoisotopic (exact) mass is 520 g/mol. The van der Waals surface area contributed by atoms with Crippen LogP contribution >= 0.6 is 0 Å². The number of methoxy groups -OCH3 is 2. The Balaban J connectivity index is 2.49.